The van der Waals surface area contributed by atoms with Crippen LogP contribution in [0.5, 0.6) is 0 Å². The zero-order valence-corrected chi connectivity index (χ0v) is 18.7. The molecule has 1 atom stereocenters. The largest absolute Gasteiger partial charge is 0.324 e. The van der Waals surface area contributed by atoms with Crippen molar-refractivity contribution in [3.63, 3.8) is 0 Å². The first-order valence-corrected chi connectivity index (χ1v) is 10.8. The minimum absolute atomic E-state index is 0.181. The summed E-state index contributed by atoms with van der Waals surface area (Å²) in [7, 11) is 0. The third kappa shape index (κ3) is 6.19. The van der Waals surface area contributed by atoms with Gasteiger partial charge in [0.2, 0.25) is 5.91 Å². The molecule has 0 aliphatic carbocycles. The topological polar surface area (TPSA) is 58.2 Å². The fourth-order valence-corrected chi connectivity index (χ4v) is 3.46. The number of amides is 2. The summed E-state index contributed by atoms with van der Waals surface area (Å²) in [5.74, 6) is -0.225. The van der Waals surface area contributed by atoms with Gasteiger partial charge in [0.15, 0.2) is 0 Å². The predicted molar refractivity (Wildman–Crippen MR) is 128 cm³/mol. The van der Waals surface area contributed by atoms with E-state index in [1.807, 2.05) is 49.4 Å². The molecule has 0 radical (unpaired) electrons. The van der Waals surface area contributed by atoms with Gasteiger partial charge >= 0.3 is 0 Å². The SMILES string of the molecule is CC(C)Cc1ccc([C@@H](C)C(=O)Nc2cc(C(=O)Nc3ccccc3)ccc2Cl)cc1. The molecule has 31 heavy (non-hydrogen) atoms. The second-order valence-corrected chi connectivity index (χ2v) is 8.47. The highest BCUT2D eigenvalue weighted by Gasteiger charge is 2.18. The van der Waals surface area contributed by atoms with Crippen molar-refractivity contribution in [1.29, 1.82) is 0 Å². The van der Waals surface area contributed by atoms with E-state index in [1.54, 1.807) is 18.2 Å². The van der Waals surface area contributed by atoms with Crippen molar-refractivity contribution in [3.8, 4) is 0 Å². The van der Waals surface area contributed by atoms with Crippen LogP contribution in [0.25, 0.3) is 0 Å². The first-order chi connectivity index (χ1) is 14.8. The summed E-state index contributed by atoms with van der Waals surface area (Å²) in [4.78, 5) is 25.4. The van der Waals surface area contributed by atoms with Crippen LogP contribution in [0.15, 0.2) is 72.8 Å². The van der Waals surface area contributed by atoms with Crippen LogP contribution in [0, 0.1) is 5.92 Å². The highest BCUT2D eigenvalue weighted by atomic mass is 35.5. The van der Waals surface area contributed by atoms with Crippen LogP contribution in [0.3, 0.4) is 0 Å². The van der Waals surface area contributed by atoms with Crippen molar-refractivity contribution in [3.05, 3.63) is 94.5 Å². The average molecular weight is 435 g/mol. The van der Waals surface area contributed by atoms with Crippen LogP contribution >= 0.6 is 11.6 Å². The first-order valence-electron chi connectivity index (χ1n) is 10.4. The molecule has 2 N–H and O–H groups in total. The van der Waals surface area contributed by atoms with Gasteiger partial charge in [0, 0.05) is 11.3 Å². The summed E-state index contributed by atoms with van der Waals surface area (Å²) < 4.78 is 0. The van der Waals surface area contributed by atoms with E-state index in [0.717, 1.165) is 12.0 Å². The van der Waals surface area contributed by atoms with Crippen LogP contribution in [0.4, 0.5) is 11.4 Å². The summed E-state index contributed by atoms with van der Waals surface area (Å²) in [6.07, 6.45) is 1.01. The maximum Gasteiger partial charge on any atom is 0.255 e. The minimum Gasteiger partial charge on any atom is -0.324 e. The molecular weight excluding hydrogens is 408 g/mol. The molecule has 3 rings (SSSR count). The van der Waals surface area contributed by atoms with Crippen molar-refractivity contribution in [1.82, 2.24) is 0 Å². The van der Waals surface area contributed by atoms with Crippen molar-refractivity contribution in [2.24, 2.45) is 5.92 Å². The van der Waals surface area contributed by atoms with Gasteiger partial charge in [-0.25, -0.2) is 0 Å². The van der Waals surface area contributed by atoms with Gasteiger partial charge in [0.25, 0.3) is 5.91 Å². The number of hydrogen-bond donors (Lipinski definition) is 2. The molecule has 5 heteroatoms. The van der Waals surface area contributed by atoms with Crippen LogP contribution in [-0.2, 0) is 11.2 Å². The molecule has 3 aromatic rings. The lowest BCUT2D eigenvalue weighted by Gasteiger charge is -2.15. The van der Waals surface area contributed by atoms with E-state index in [4.69, 9.17) is 11.6 Å². The third-order valence-corrected chi connectivity index (χ3v) is 5.36. The van der Waals surface area contributed by atoms with E-state index in [1.165, 1.54) is 5.56 Å². The summed E-state index contributed by atoms with van der Waals surface area (Å²) in [6.45, 7) is 6.22. The Balaban J connectivity index is 1.70. The lowest BCUT2D eigenvalue weighted by atomic mass is 9.96. The number of nitrogens with one attached hydrogen (secondary N) is 2. The van der Waals surface area contributed by atoms with Crippen LogP contribution in [0.2, 0.25) is 5.02 Å². The zero-order valence-electron chi connectivity index (χ0n) is 18.0. The van der Waals surface area contributed by atoms with E-state index in [9.17, 15) is 9.59 Å². The van der Waals surface area contributed by atoms with E-state index in [0.29, 0.717) is 27.9 Å². The van der Waals surface area contributed by atoms with Crippen molar-refractivity contribution >= 4 is 34.8 Å². The maximum absolute atomic E-state index is 12.8. The fourth-order valence-electron chi connectivity index (χ4n) is 3.29. The number of benzene rings is 3. The lowest BCUT2D eigenvalue weighted by molar-refractivity contribution is -0.117. The smallest absolute Gasteiger partial charge is 0.255 e. The molecule has 4 nitrogen and oxygen atoms in total. The molecule has 0 fully saturated rings. The number of carbonyl (C=O) groups excluding carboxylic acids is 2. The lowest BCUT2D eigenvalue weighted by Crippen LogP contribution is -2.20. The van der Waals surface area contributed by atoms with Gasteiger partial charge in [-0.15, -0.1) is 0 Å². The Morgan fingerprint density at radius 1 is 0.871 bits per heavy atom. The van der Waals surface area contributed by atoms with E-state index in [2.05, 4.69) is 36.6 Å². The Hall–Kier alpha value is -3.11. The average Bonchev–Trinajstić information content (AvgIpc) is 2.75. The minimum atomic E-state index is -0.356. The van der Waals surface area contributed by atoms with E-state index >= 15 is 0 Å². The van der Waals surface area contributed by atoms with Crippen LogP contribution in [-0.4, -0.2) is 11.8 Å². The number of anilines is 2. The first kappa shape index (κ1) is 22.6. The van der Waals surface area contributed by atoms with E-state index < -0.39 is 0 Å². The highest BCUT2D eigenvalue weighted by Crippen LogP contribution is 2.26. The summed E-state index contributed by atoms with van der Waals surface area (Å²) in [5.41, 5.74) is 3.71. The monoisotopic (exact) mass is 434 g/mol. The molecule has 3 aromatic carbocycles. The summed E-state index contributed by atoms with van der Waals surface area (Å²) >= 11 is 6.28. The molecule has 0 saturated carbocycles. The Morgan fingerprint density at radius 3 is 2.19 bits per heavy atom. The molecule has 0 aliphatic rings. The number of carbonyl (C=O) groups is 2. The van der Waals surface area contributed by atoms with Crippen LogP contribution in [0.1, 0.15) is 48.2 Å². The van der Waals surface area contributed by atoms with Crippen molar-refractivity contribution in [2.75, 3.05) is 10.6 Å². The van der Waals surface area contributed by atoms with Crippen LogP contribution < -0.4 is 10.6 Å². The maximum atomic E-state index is 12.8. The summed E-state index contributed by atoms with van der Waals surface area (Å²) in [6, 6.07) is 22.2. The molecule has 0 saturated heterocycles. The van der Waals surface area contributed by atoms with Crippen molar-refractivity contribution in [2.45, 2.75) is 33.1 Å². The van der Waals surface area contributed by atoms with Crippen molar-refractivity contribution < 1.29 is 9.59 Å². The van der Waals surface area contributed by atoms with Gasteiger partial charge in [-0.05, 0) is 60.7 Å². The zero-order chi connectivity index (χ0) is 22.4. The number of rotatable bonds is 7. The standard InChI is InChI=1S/C26H27ClN2O2/c1-17(2)15-19-9-11-20(12-10-19)18(3)25(30)29-24-16-21(13-14-23(24)27)26(31)28-22-7-5-4-6-8-22/h4-14,16-18H,15H2,1-3H3,(H,28,31)(H,29,30)/t18-/m1/s1. The number of hydrogen-bond acceptors (Lipinski definition) is 2. The Kier molecular flexibility index (Phi) is 7.48. The van der Waals surface area contributed by atoms with E-state index in [-0.39, 0.29) is 17.7 Å². The van der Waals surface area contributed by atoms with Gasteiger partial charge in [0.1, 0.15) is 0 Å². The quantitative estimate of drug-likeness (QED) is 0.444. The molecule has 0 spiro atoms. The van der Waals surface area contributed by atoms with Gasteiger partial charge in [-0.2, -0.15) is 0 Å². The Morgan fingerprint density at radius 2 is 1.55 bits per heavy atom. The molecule has 0 aliphatic heterocycles. The number of halogens is 1. The van der Waals surface area contributed by atoms with Gasteiger partial charge < -0.3 is 10.6 Å². The molecule has 0 bridgehead atoms. The Labute approximate surface area is 188 Å². The molecule has 0 unspecified atom stereocenters. The van der Waals surface area contributed by atoms with Gasteiger partial charge in [0.05, 0.1) is 16.6 Å². The van der Waals surface area contributed by atoms with Gasteiger partial charge in [-0.3, -0.25) is 9.59 Å². The molecule has 160 valence electrons. The number of para-hydroxylation sites is 1. The molecule has 0 heterocycles. The normalized spacial score (nSPS) is 11.8. The predicted octanol–water partition coefficient (Wildman–Crippen LogP) is 6.53. The van der Waals surface area contributed by atoms with Gasteiger partial charge in [-0.1, -0.05) is 67.9 Å². The third-order valence-electron chi connectivity index (χ3n) is 5.04. The molecular formula is C26H27ClN2O2. The molecule has 0 aromatic heterocycles. The second-order valence-electron chi connectivity index (χ2n) is 8.07. The fraction of sp³-hybridized carbons (Fsp3) is 0.231. The Bertz CT molecular complexity index is 1050. The highest BCUT2D eigenvalue weighted by molar-refractivity contribution is 6.34. The summed E-state index contributed by atoms with van der Waals surface area (Å²) in [5, 5.41) is 6.07. The molecule has 2 amide bonds. The second kappa shape index (κ2) is 10.3.